The molecule has 3 aromatic rings. The largest absolute Gasteiger partial charge is 0.385 e. The Morgan fingerprint density at radius 2 is 1.74 bits per heavy atom. The van der Waals surface area contributed by atoms with Crippen molar-refractivity contribution in [2.45, 2.75) is 20.3 Å². The number of aryl methyl sites for hydroxylation is 2. The van der Waals surface area contributed by atoms with Crippen LogP contribution in [0, 0.1) is 19.7 Å². The Balaban J connectivity index is 1.62. The highest BCUT2D eigenvalue weighted by Crippen LogP contribution is 2.16. The summed E-state index contributed by atoms with van der Waals surface area (Å²) in [6, 6.07) is 16.1. The van der Waals surface area contributed by atoms with Crippen molar-refractivity contribution in [3.05, 3.63) is 89.0 Å². The molecule has 0 atom stereocenters. The van der Waals surface area contributed by atoms with Gasteiger partial charge >= 0.3 is 0 Å². The summed E-state index contributed by atoms with van der Waals surface area (Å²) in [5.41, 5.74) is 4.67. The van der Waals surface area contributed by atoms with Crippen LogP contribution in [0.4, 0.5) is 15.8 Å². The number of benzene rings is 2. The van der Waals surface area contributed by atoms with E-state index in [1.54, 1.807) is 30.5 Å². The van der Waals surface area contributed by atoms with Gasteiger partial charge in [0.15, 0.2) is 0 Å². The molecule has 5 heteroatoms. The van der Waals surface area contributed by atoms with Gasteiger partial charge in [-0.1, -0.05) is 24.3 Å². The van der Waals surface area contributed by atoms with Crippen molar-refractivity contribution in [3.63, 3.8) is 0 Å². The van der Waals surface area contributed by atoms with Crippen LogP contribution in [0.2, 0.25) is 0 Å². The molecular weight excluding hydrogens is 341 g/mol. The highest BCUT2D eigenvalue weighted by molar-refractivity contribution is 6.03. The maximum absolute atomic E-state index is 13.7. The van der Waals surface area contributed by atoms with E-state index < -0.39 is 0 Å². The van der Waals surface area contributed by atoms with Crippen molar-refractivity contribution in [1.82, 2.24) is 4.98 Å². The molecule has 138 valence electrons. The lowest BCUT2D eigenvalue weighted by Crippen LogP contribution is -2.14. The average Bonchev–Trinajstić information content (AvgIpc) is 2.63. The first-order valence-corrected chi connectivity index (χ1v) is 8.84. The summed E-state index contributed by atoms with van der Waals surface area (Å²) in [5.74, 6) is -0.472. The molecule has 2 aromatic carbocycles. The fourth-order valence-corrected chi connectivity index (χ4v) is 2.95. The Morgan fingerprint density at radius 3 is 2.48 bits per heavy atom. The van der Waals surface area contributed by atoms with Gasteiger partial charge in [-0.25, -0.2) is 4.39 Å². The smallest absolute Gasteiger partial charge is 0.274 e. The molecule has 0 unspecified atom stereocenters. The van der Waals surface area contributed by atoms with E-state index in [4.69, 9.17) is 0 Å². The normalized spacial score (nSPS) is 10.5. The quantitative estimate of drug-likeness (QED) is 0.665. The highest BCUT2D eigenvalue weighted by atomic mass is 19.1. The van der Waals surface area contributed by atoms with Crippen LogP contribution in [0.15, 0.2) is 60.8 Å². The van der Waals surface area contributed by atoms with Gasteiger partial charge < -0.3 is 10.6 Å². The van der Waals surface area contributed by atoms with Gasteiger partial charge in [-0.05, 0) is 67.3 Å². The summed E-state index contributed by atoms with van der Waals surface area (Å²) < 4.78 is 13.7. The number of aromatic nitrogens is 1. The van der Waals surface area contributed by atoms with E-state index in [1.165, 1.54) is 6.07 Å². The van der Waals surface area contributed by atoms with Gasteiger partial charge in [0.05, 0.1) is 0 Å². The molecule has 0 radical (unpaired) electrons. The summed E-state index contributed by atoms with van der Waals surface area (Å²) in [4.78, 5) is 16.6. The summed E-state index contributed by atoms with van der Waals surface area (Å²) >= 11 is 0. The molecule has 0 fully saturated rings. The third-order valence-corrected chi connectivity index (χ3v) is 4.15. The number of carbonyl (C=O) groups excluding carboxylic acids is 1. The Morgan fingerprint density at radius 1 is 1.00 bits per heavy atom. The standard InChI is InChI=1S/C22H22FN3O/c1-15-11-16(2)13-19(12-15)26-22(27)21-14-18(8-10-25-21)24-9-7-17-5-3-4-6-20(17)23/h3-6,8,10-14H,7,9H2,1-2H3,(H,24,25)(H,26,27). The van der Waals surface area contributed by atoms with Crippen LogP contribution in [-0.2, 0) is 6.42 Å². The van der Waals surface area contributed by atoms with E-state index in [0.717, 1.165) is 22.5 Å². The monoisotopic (exact) mass is 363 g/mol. The van der Waals surface area contributed by atoms with Gasteiger partial charge in [-0.15, -0.1) is 0 Å². The third kappa shape index (κ3) is 5.14. The van der Waals surface area contributed by atoms with Gasteiger partial charge in [0.25, 0.3) is 5.91 Å². The zero-order valence-corrected chi connectivity index (χ0v) is 15.4. The average molecular weight is 363 g/mol. The number of carbonyl (C=O) groups is 1. The zero-order valence-electron chi connectivity index (χ0n) is 15.4. The topological polar surface area (TPSA) is 54.0 Å². The predicted octanol–water partition coefficient (Wildman–Crippen LogP) is 4.74. The van der Waals surface area contributed by atoms with E-state index >= 15 is 0 Å². The fraction of sp³-hybridized carbons (Fsp3) is 0.182. The van der Waals surface area contributed by atoms with E-state index in [1.807, 2.05) is 38.1 Å². The number of pyridine rings is 1. The van der Waals surface area contributed by atoms with Crippen LogP contribution in [0.1, 0.15) is 27.2 Å². The van der Waals surface area contributed by atoms with Crippen molar-refractivity contribution < 1.29 is 9.18 Å². The van der Waals surface area contributed by atoms with Gasteiger partial charge in [0.1, 0.15) is 11.5 Å². The number of rotatable bonds is 6. The van der Waals surface area contributed by atoms with Gasteiger partial charge in [0.2, 0.25) is 0 Å². The van der Waals surface area contributed by atoms with Crippen LogP contribution in [0.25, 0.3) is 0 Å². The number of nitrogens with one attached hydrogen (secondary N) is 2. The summed E-state index contributed by atoms with van der Waals surface area (Å²) in [6.07, 6.45) is 2.14. The van der Waals surface area contributed by atoms with Crippen LogP contribution in [0.5, 0.6) is 0 Å². The Hall–Kier alpha value is -3.21. The molecule has 0 spiro atoms. The molecule has 1 aromatic heterocycles. The van der Waals surface area contributed by atoms with E-state index in [2.05, 4.69) is 15.6 Å². The number of hydrogen-bond acceptors (Lipinski definition) is 3. The van der Waals surface area contributed by atoms with Crippen LogP contribution in [0.3, 0.4) is 0 Å². The van der Waals surface area contributed by atoms with Crippen LogP contribution in [-0.4, -0.2) is 17.4 Å². The summed E-state index contributed by atoms with van der Waals surface area (Å²) in [5, 5.41) is 6.09. The van der Waals surface area contributed by atoms with Crippen LogP contribution < -0.4 is 10.6 Å². The van der Waals surface area contributed by atoms with Crippen molar-refractivity contribution in [2.75, 3.05) is 17.2 Å². The third-order valence-electron chi connectivity index (χ3n) is 4.15. The SMILES string of the molecule is Cc1cc(C)cc(NC(=O)c2cc(NCCc3ccccc3F)ccn2)c1. The van der Waals surface area contributed by atoms with E-state index in [0.29, 0.717) is 24.2 Å². The van der Waals surface area contributed by atoms with Gasteiger partial charge in [0, 0.05) is 24.1 Å². The maximum Gasteiger partial charge on any atom is 0.274 e. The number of hydrogen-bond donors (Lipinski definition) is 2. The molecule has 0 aliphatic heterocycles. The maximum atomic E-state index is 13.7. The molecule has 0 saturated carbocycles. The van der Waals surface area contributed by atoms with Crippen molar-refractivity contribution >= 4 is 17.3 Å². The Kier molecular flexibility index (Phi) is 5.81. The first-order valence-electron chi connectivity index (χ1n) is 8.84. The van der Waals surface area contributed by atoms with Crippen molar-refractivity contribution in [2.24, 2.45) is 0 Å². The summed E-state index contributed by atoms with van der Waals surface area (Å²) in [7, 11) is 0. The molecule has 0 aliphatic rings. The Bertz CT molecular complexity index is 936. The molecule has 0 bridgehead atoms. The predicted molar refractivity (Wildman–Crippen MR) is 107 cm³/mol. The number of amides is 1. The zero-order chi connectivity index (χ0) is 19.2. The molecule has 3 rings (SSSR count). The second-order valence-electron chi connectivity index (χ2n) is 6.53. The van der Waals surface area contributed by atoms with E-state index in [-0.39, 0.29) is 11.7 Å². The Labute approximate surface area is 158 Å². The first-order chi connectivity index (χ1) is 13.0. The minimum atomic E-state index is -0.266. The first kappa shape index (κ1) is 18.6. The highest BCUT2D eigenvalue weighted by Gasteiger charge is 2.09. The second kappa shape index (κ2) is 8.45. The fourth-order valence-electron chi connectivity index (χ4n) is 2.95. The minimum absolute atomic E-state index is 0.206. The minimum Gasteiger partial charge on any atom is -0.385 e. The second-order valence-corrected chi connectivity index (χ2v) is 6.53. The molecule has 1 amide bonds. The molecule has 0 aliphatic carbocycles. The lowest BCUT2D eigenvalue weighted by molar-refractivity contribution is 0.102. The van der Waals surface area contributed by atoms with Crippen molar-refractivity contribution in [1.29, 1.82) is 0 Å². The molecule has 27 heavy (non-hydrogen) atoms. The molecule has 2 N–H and O–H groups in total. The number of nitrogens with zero attached hydrogens (tertiary/aromatic N) is 1. The van der Waals surface area contributed by atoms with Crippen molar-refractivity contribution in [3.8, 4) is 0 Å². The van der Waals surface area contributed by atoms with Gasteiger partial charge in [-0.3, -0.25) is 9.78 Å². The van der Waals surface area contributed by atoms with E-state index in [9.17, 15) is 9.18 Å². The molecule has 0 saturated heterocycles. The number of halogens is 1. The lowest BCUT2D eigenvalue weighted by atomic mass is 10.1. The van der Waals surface area contributed by atoms with Crippen LogP contribution >= 0.6 is 0 Å². The molecule has 1 heterocycles. The lowest BCUT2D eigenvalue weighted by Gasteiger charge is -2.10. The summed E-state index contributed by atoms with van der Waals surface area (Å²) in [6.45, 7) is 4.53. The molecular formula is C22H22FN3O. The molecule has 4 nitrogen and oxygen atoms in total. The number of anilines is 2. The van der Waals surface area contributed by atoms with Gasteiger partial charge in [-0.2, -0.15) is 0 Å².